The van der Waals surface area contributed by atoms with Crippen LogP contribution < -0.4 is 10.0 Å². The first-order valence-corrected chi connectivity index (χ1v) is 13.0. The number of pyridine rings is 1. The molecule has 0 radical (unpaired) electrons. The van der Waals surface area contributed by atoms with E-state index in [-0.39, 0.29) is 24.3 Å². The minimum absolute atomic E-state index is 0.0494. The highest BCUT2D eigenvalue weighted by molar-refractivity contribution is 7.92. The van der Waals surface area contributed by atoms with Gasteiger partial charge in [0, 0.05) is 18.3 Å². The van der Waals surface area contributed by atoms with Crippen molar-refractivity contribution in [3.05, 3.63) is 100 Å². The van der Waals surface area contributed by atoms with Crippen molar-refractivity contribution in [1.29, 1.82) is 0 Å². The number of hydrogen-bond acceptors (Lipinski definition) is 4. The zero-order chi connectivity index (χ0) is 27.2. The molecule has 2 N–H and O–H groups in total. The van der Waals surface area contributed by atoms with Crippen LogP contribution in [0.3, 0.4) is 0 Å². The average Bonchev–Trinajstić information content (AvgIpc) is 2.82. The highest BCUT2D eigenvalue weighted by Gasteiger charge is 2.32. The lowest BCUT2D eigenvalue weighted by molar-refractivity contribution is -0.141. The van der Waals surface area contributed by atoms with Gasteiger partial charge >= 0.3 is 6.18 Å². The maximum absolute atomic E-state index is 14.4. The number of halogens is 4. The molecule has 196 valence electrons. The third-order valence-corrected chi connectivity index (χ3v) is 5.88. The molecule has 3 aromatic rings. The molecule has 0 atom stereocenters. The average molecular weight is 536 g/mol. The van der Waals surface area contributed by atoms with Crippen molar-refractivity contribution in [2.45, 2.75) is 32.5 Å². The SMILES string of the molecule is Cc1cc(CNC(=O)/C=C\c2ccc(C(F)(F)F)nc2CCc2ccccc2)cc(F)c1NS(C)(=O)=O. The molecule has 0 bridgehead atoms. The molecule has 0 saturated heterocycles. The van der Waals surface area contributed by atoms with Crippen molar-refractivity contribution >= 4 is 27.7 Å². The van der Waals surface area contributed by atoms with Gasteiger partial charge in [0.15, 0.2) is 0 Å². The molecular weight excluding hydrogens is 510 g/mol. The fraction of sp³-hybridized carbons (Fsp3) is 0.231. The monoisotopic (exact) mass is 535 g/mol. The highest BCUT2D eigenvalue weighted by atomic mass is 32.2. The summed E-state index contributed by atoms with van der Waals surface area (Å²) in [6.07, 6.45) is -0.432. The second-order valence-electron chi connectivity index (χ2n) is 8.41. The van der Waals surface area contributed by atoms with Gasteiger partial charge in [-0.2, -0.15) is 13.2 Å². The Labute approximate surface area is 212 Å². The number of alkyl halides is 3. The van der Waals surface area contributed by atoms with Crippen molar-refractivity contribution < 1.29 is 30.8 Å². The standard InChI is InChI=1S/C26H25F4N3O3S/c1-17-14-19(15-21(27)25(17)33-37(2,35)36)16-31-24(34)13-10-20-9-12-23(26(28,29)30)32-22(20)11-8-18-6-4-3-5-7-18/h3-7,9-10,12-15,33H,8,11,16H2,1-2H3,(H,31,34)/b13-10-. The normalized spacial score (nSPS) is 12.1. The van der Waals surface area contributed by atoms with E-state index >= 15 is 0 Å². The summed E-state index contributed by atoms with van der Waals surface area (Å²) >= 11 is 0. The second-order valence-corrected chi connectivity index (χ2v) is 10.2. The summed E-state index contributed by atoms with van der Waals surface area (Å²) in [6.45, 7) is 1.47. The number of sulfonamides is 1. The predicted octanol–water partition coefficient (Wildman–Crippen LogP) is 5.03. The first-order valence-electron chi connectivity index (χ1n) is 11.2. The summed E-state index contributed by atoms with van der Waals surface area (Å²) in [5, 5.41) is 2.57. The summed E-state index contributed by atoms with van der Waals surface area (Å²) in [4.78, 5) is 16.1. The third kappa shape index (κ3) is 8.42. The van der Waals surface area contributed by atoms with E-state index in [1.165, 1.54) is 31.2 Å². The van der Waals surface area contributed by atoms with E-state index in [4.69, 9.17) is 0 Å². The van der Waals surface area contributed by atoms with Gasteiger partial charge in [0.2, 0.25) is 15.9 Å². The molecule has 3 rings (SSSR count). The number of benzene rings is 2. The zero-order valence-corrected chi connectivity index (χ0v) is 20.9. The van der Waals surface area contributed by atoms with E-state index in [2.05, 4.69) is 15.0 Å². The molecule has 6 nitrogen and oxygen atoms in total. The van der Waals surface area contributed by atoms with Crippen LogP contribution in [-0.4, -0.2) is 25.6 Å². The smallest absolute Gasteiger partial charge is 0.348 e. The summed E-state index contributed by atoms with van der Waals surface area (Å²) in [6, 6.07) is 14.0. The van der Waals surface area contributed by atoms with Crippen molar-refractivity contribution in [3.8, 4) is 0 Å². The number of amides is 1. The molecule has 0 unspecified atom stereocenters. The topological polar surface area (TPSA) is 88.2 Å². The van der Waals surface area contributed by atoms with Crippen LogP contribution in [0.1, 0.15) is 33.6 Å². The van der Waals surface area contributed by atoms with Crippen LogP contribution >= 0.6 is 0 Å². The molecule has 0 saturated carbocycles. The van der Waals surface area contributed by atoms with E-state index in [9.17, 15) is 30.8 Å². The van der Waals surface area contributed by atoms with Crippen molar-refractivity contribution in [2.75, 3.05) is 11.0 Å². The molecule has 37 heavy (non-hydrogen) atoms. The van der Waals surface area contributed by atoms with Crippen LogP contribution in [-0.2, 0) is 40.4 Å². The summed E-state index contributed by atoms with van der Waals surface area (Å²) < 4.78 is 78.8. The van der Waals surface area contributed by atoms with Crippen molar-refractivity contribution in [1.82, 2.24) is 10.3 Å². The van der Waals surface area contributed by atoms with Crippen LogP contribution in [0.25, 0.3) is 6.08 Å². The lowest BCUT2D eigenvalue weighted by Gasteiger charge is -2.12. The molecule has 0 spiro atoms. The molecule has 0 aliphatic carbocycles. The Bertz CT molecular complexity index is 1380. The van der Waals surface area contributed by atoms with E-state index in [1.54, 1.807) is 0 Å². The molecule has 0 fully saturated rings. The van der Waals surface area contributed by atoms with Gasteiger partial charge in [0.05, 0.1) is 11.9 Å². The highest BCUT2D eigenvalue weighted by Crippen LogP contribution is 2.29. The summed E-state index contributed by atoms with van der Waals surface area (Å²) in [5.41, 5.74) is 1.07. The van der Waals surface area contributed by atoms with Gasteiger partial charge in [-0.05, 0) is 60.2 Å². The molecule has 11 heteroatoms. The Morgan fingerprint density at radius 3 is 2.35 bits per heavy atom. The van der Waals surface area contributed by atoms with Gasteiger partial charge in [0.25, 0.3) is 0 Å². The molecule has 1 aromatic heterocycles. The largest absolute Gasteiger partial charge is 0.433 e. The number of aromatic nitrogens is 1. The number of hydrogen-bond donors (Lipinski definition) is 2. The van der Waals surface area contributed by atoms with Gasteiger partial charge in [0.1, 0.15) is 11.5 Å². The summed E-state index contributed by atoms with van der Waals surface area (Å²) in [5.74, 6) is -1.34. The number of carbonyl (C=O) groups excluding carboxylic acids is 1. The van der Waals surface area contributed by atoms with Crippen LogP contribution in [0.2, 0.25) is 0 Å². The van der Waals surface area contributed by atoms with E-state index in [1.807, 2.05) is 30.3 Å². The van der Waals surface area contributed by atoms with Gasteiger partial charge in [-0.15, -0.1) is 0 Å². The summed E-state index contributed by atoms with van der Waals surface area (Å²) in [7, 11) is -3.67. The Hall–Kier alpha value is -3.73. The van der Waals surface area contributed by atoms with Crippen LogP contribution in [0.4, 0.5) is 23.2 Å². The first-order chi connectivity index (χ1) is 17.3. The minimum Gasteiger partial charge on any atom is -0.348 e. The van der Waals surface area contributed by atoms with Gasteiger partial charge in [-0.3, -0.25) is 9.52 Å². The van der Waals surface area contributed by atoms with Crippen molar-refractivity contribution in [2.24, 2.45) is 0 Å². The Balaban J connectivity index is 1.72. The number of nitrogens with zero attached hydrogens (tertiary/aromatic N) is 1. The number of aryl methyl sites for hydroxylation is 3. The lowest BCUT2D eigenvalue weighted by Crippen LogP contribution is -2.21. The number of nitrogens with one attached hydrogen (secondary N) is 2. The van der Waals surface area contributed by atoms with Gasteiger partial charge in [-0.25, -0.2) is 17.8 Å². The number of carbonyl (C=O) groups is 1. The van der Waals surface area contributed by atoms with Gasteiger partial charge in [-0.1, -0.05) is 42.5 Å². The van der Waals surface area contributed by atoms with Crippen LogP contribution in [0, 0.1) is 12.7 Å². The molecular formula is C26H25F4N3O3S. The zero-order valence-electron chi connectivity index (χ0n) is 20.1. The maximum atomic E-state index is 14.4. The minimum atomic E-state index is -4.60. The first kappa shape index (κ1) is 27.9. The Morgan fingerprint density at radius 1 is 1.03 bits per heavy atom. The molecule has 0 aliphatic rings. The van der Waals surface area contributed by atoms with Crippen LogP contribution in [0.15, 0.2) is 60.7 Å². The second kappa shape index (κ2) is 11.5. The predicted molar refractivity (Wildman–Crippen MR) is 134 cm³/mol. The fourth-order valence-corrected chi connectivity index (χ4v) is 4.20. The Kier molecular flexibility index (Phi) is 8.69. The maximum Gasteiger partial charge on any atom is 0.433 e. The van der Waals surface area contributed by atoms with Crippen molar-refractivity contribution in [3.63, 3.8) is 0 Å². The Morgan fingerprint density at radius 2 is 1.73 bits per heavy atom. The number of rotatable bonds is 9. The van der Waals surface area contributed by atoms with E-state index in [0.29, 0.717) is 23.1 Å². The fourth-order valence-electron chi connectivity index (χ4n) is 3.57. The molecule has 1 heterocycles. The molecule has 0 aliphatic heterocycles. The molecule has 1 amide bonds. The third-order valence-electron chi connectivity index (χ3n) is 5.31. The van der Waals surface area contributed by atoms with E-state index < -0.39 is 33.6 Å². The quantitative estimate of drug-likeness (QED) is 0.297. The van der Waals surface area contributed by atoms with Gasteiger partial charge < -0.3 is 5.32 Å². The van der Waals surface area contributed by atoms with E-state index in [0.717, 1.165) is 24.0 Å². The van der Waals surface area contributed by atoms with Crippen LogP contribution in [0.5, 0.6) is 0 Å². The number of anilines is 1. The lowest BCUT2D eigenvalue weighted by atomic mass is 10.0. The molecule has 2 aromatic carbocycles.